The molecule has 3 N–H and O–H groups in total. The van der Waals surface area contributed by atoms with Crippen molar-refractivity contribution in [2.75, 3.05) is 19.0 Å². The van der Waals surface area contributed by atoms with Crippen LogP contribution in [0.5, 0.6) is 0 Å². The number of esters is 1. The third kappa shape index (κ3) is 3.15. The van der Waals surface area contributed by atoms with E-state index in [1.54, 1.807) is 12.1 Å². The molecule has 0 bridgehead atoms. The summed E-state index contributed by atoms with van der Waals surface area (Å²) in [5.41, 5.74) is 6.82. The molecule has 1 heterocycles. The summed E-state index contributed by atoms with van der Waals surface area (Å²) in [5.74, 6) is -1.35. The zero-order valence-electron chi connectivity index (χ0n) is 12.1. The smallest absolute Gasteiger partial charge is 0.341 e. The van der Waals surface area contributed by atoms with Crippen LogP contribution in [0.4, 0.5) is 9.39 Å². The maximum absolute atomic E-state index is 13.1. The molecule has 0 unspecified atom stereocenters. The summed E-state index contributed by atoms with van der Waals surface area (Å²) in [6.07, 6.45) is 0. The van der Waals surface area contributed by atoms with E-state index in [1.165, 1.54) is 30.6 Å². The predicted molar refractivity (Wildman–Crippen MR) is 83.5 cm³/mol. The van der Waals surface area contributed by atoms with Crippen LogP contribution >= 0.6 is 11.3 Å². The highest BCUT2D eigenvalue weighted by Crippen LogP contribution is 2.40. The lowest BCUT2D eigenvalue weighted by atomic mass is 10.0. The van der Waals surface area contributed by atoms with Gasteiger partial charge in [0, 0.05) is 10.4 Å². The van der Waals surface area contributed by atoms with Crippen LogP contribution < -0.4 is 11.1 Å². The van der Waals surface area contributed by atoms with Gasteiger partial charge in [-0.1, -0.05) is 12.1 Å². The summed E-state index contributed by atoms with van der Waals surface area (Å²) in [7, 11) is 1.26. The lowest BCUT2D eigenvalue weighted by molar-refractivity contribution is -0.114. The molecule has 0 saturated carbocycles. The summed E-state index contributed by atoms with van der Waals surface area (Å²) < 4.78 is 17.9. The van der Waals surface area contributed by atoms with Crippen molar-refractivity contribution in [2.24, 2.45) is 5.73 Å². The number of thiophene rings is 1. The van der Waals surface area contributed by atoms with Gasteiger partial charge in [-0.2, -0.15) is 0 Å². The first-order valence-corrected chi connectivity index (χ1v) is 7.27. The van der Waals surface area contributed by atoms with Crippen LogP contribution in [0, 0.1) is 12.7 Å². The number of nitrogens with one attached hydrogen (secondary N) is 1. The van der Waals surface area contributed by atoms with Crippen LogP contribution in [-0.4, -0.2) is 25.5 Å². The van der Waals surface area contributed by atoms with Crippen LogP contribution in [0.2, 0.25) is 0 Å². The number of hydrogen-bond donors (Lipinski definition) is 2. The molecule has 1 aromatic heterocycles. The van der Waals surface area contributed by atoms with Crippen molar-refractivity contribution in [3.63, 3.8) is 0 Å². The molecular formula is C15H15FN2O3S. The molecule has 1 amide bonds. The van der Waals surface area contributed by atoms with Gasteiger partial charge in [0.05, 0.1) is 13.7 Å². The second-order valence-electron chi connectivity index (χ2n) is 4.49. The number of rotatable bonds is 4. The van der Waals surface area contributed by atoms with Crippen LogP contribution in [0.3, 0.4) is 0 Å². The van der Waals surface area contributed by atoms with Crippen LogP contribution in [0.15, 0.2) is 24.3 Å². The fourth-order valence-electron chi connectivity index (χ4n) is 2.07. The van der Waals surface area contributed by atoms with Gasteiger partial charge in [-0.05, 0) is 24.6 Å². The highest BCUT2D eigenvalue weighted by Gasteiger charge is 2.24. The van der Waals surface area contributed by atoms with E-state index in [-0.39, 0.29) is 17.9 Å². The molecule has 2 aromatic rings. The Bertz CT molecular complexity index is 710. The number of hydrogen-bond acceptors (Lipinski definition) is 5. The van der Waals surface area contributed by atoms with Gasteiger partial charge >= 0.3 is 5.97 Å². The highest BCUT2D eigenvalue weighted by molar-refractivity contribution is 7.17. The number of halogens is 1. The number of nitrogens with two attached hydrogens (primary N) is 1. The topological polar surface area (TPSA) is 81.4 Å². The van der Waals surface area contributed by atoms with Gasteiger partial charge in [0.2, 0.25) is 5.91 Å². The average Bonchev–Trinajstić information content (AvgIpc) is 2.83. The molecular weight excluding hydrogens is 307 g/mol. The Labute approximate surface area is 130 Å². The van der Waals surface area contributed by atoms with Crippen LogP contribution in [0.1, 0.15) is 15.2 Å². The fourth-order valence-corrected chi connectivity index (χ4v) is 3.15. The van der Waals surface area contributed by atoms with Crippen molar-refractivity contribution in [1.29, 1.82) is 0 Å². The molecule has 22 heavy (non-hydrogen) atoms. The molecule has 116 valence electrons. The highest BCUT2D eigenvalue weighted by atomic mass is 32.1. The normalized spacial score (nSPS) is 10.4. The number of aryl methyl sites for hydroxylation is 1. The van der Waals surface area contributed by atoms with E-state index in [9.17, 15) is 14.0 Å². The maximum Gasteiger partial charge on any atom is 0.341 e. The molecule has 7 heteroatoms. The lowest BCUT2D eigenvalue weighted by Gasteiger charge is -2.07. The van der Waals surface area contributed by atoms with Crippen molar-refractivity contribution < 1.29 is 18.7 Å². The van der Waals surface area contributed by atoms with Crippen LogP contribution in [0.25, 0.3) is 11.1 Å². The Morgan fingerprint density at radius 2 is 1.95 bits per heavy atom. The lowest BCUT2D eigenvalue weighted by Crippen LogP contribution is -2.22. The van der Waals surface area contributed by atoms with Gasteiger partial charge in [-0.15, -0.1) is 11.3 Å². The fraction of sp³-hybridized carbons (Fsp3) is 0.200. The Morgan fingerprint density at radius 3 is 2.50 bits per heavy atom. The molecule has 0 atom stereocenters. The average molecular weight is 322 g/mol. The van der Waals surface area contributed by atoms with Gasteiger partial charge in [0.25, 0.3) is 0 Å². The van der Waals surface area contributed by atoms with E-state index in [0.717, 1.165) is 4.88 Å². The van der Waals surface area contributed by atoms with Gasteiger partial charge < -0.3 is 15.8 Å². The second kappa shape index (κ2) is 6.67. The first kappa shape index (κ1) is 16.1. The second-order valence-corrected chi connectivity index (χ2v) is 5.71. The van der Waals surface area contributed by atoms with E-state index >= 15 is 0 Å². The van der Waals surface area contributed by atoms with Crippen molar-refractivity contribution in [3.05, 3.63) is 40.5 Å². The van der Waals surface area contributed by atoms with E-state index in [4.69, 9.17) is 10.5 Å². The van der Waals surface area contributed by atoms with Crippen molar-refractivity contribution >= 4 is 28.2 Å². The number of carbonyl (C=O) groups is 2. The Morgan fingerprint density at radius 1 is 1.32 bits per heavy atom. The van der Waals surface area contributed by atoms with E-state index in [2.05, 4.69) is 5.32 Å². The monoisotopic (exact) mass is 322 g/mol. The standard InChI is InChI=1S/C15H15FN2O3S/c1-8-12(9-3-5-10(16)6-4-9)13(15(20)21-2)14(22-8)18-11(19)7-17/h3-6H,7,17H2,1-2H3,(H,18,19). The molecule has 0 saturated heterocycles. The first-order chi connectivity index (χ1) is 10.5. The maximum atomic E-state index is 13.1. The molecule has 1 aromatic carbocycles. The molecule has 0 radical (unpaired) electrons. The Balaban J connectivity index is 2.59. The van der Waals surface area contributed by atoms with Gasteiger partial charge in [-0.25, -0.2) is 9.18 Å². The number of amides is 1. The number of methoxy groups -OCH3 is 1. The van der Waals surface area contributed by atoms with Crippen molar-refractivity contribution in [3.8, 4) is 11.1 Å². The largest absolute Gasteiger partial charge is 0.465 e. The SMILES string of the molecule is COC(=O)c1c(NC(=O)CN)sc(C)c1-c1ccc(F)cc1. The minimum absolute atomic E-state index is 0.191. The third-order valence-electron chi connectivity index (χ3n) is 3.05. The Hall–Kier alpha value is -2.25. The third-order valence-corrected chi connectivity index (χ3v) is 4.07. The molecule has 0 fully saturated rings. The first-order valence-electron chi connectivity index (χ1n) is 6.45. The zero-order valence-corrected chi connectivity index (χ0v) is 12.9. The summed E-state index contributed by atoms with van der Waals surface area (Å²) >= 11 is 1.25. The molecule has 5 nitrogen and oxygen atoms in total. The number of benzene rings is 1. The Kier molecular flexibility index (Phi) is 4.89. The van der Waals surface area contributed by atoms with Crippen molar-refractivity contribution in [1.82, 2.24) is 0 Å². The predicted octanol–water partition coefficient (Wildman–Crippen LogP) is 2.55. The van der Waals surface area contributed by atoms with Crippen LogP contribution in [-0.2, 0) is 9.53 Å². The van der Waals surface area contributed by atoms with Gasteiger partial charge in [0.15, 0.2) is 0 Å². The van der Waals surface area contributed by atoms with E-state index in [0.29, 0.717) is 16.1 Å². The molecule has 0 aliphatic heterocycles. The summed E-state index contributed by atoms with van der Waals surface area (Å²) in [6.45, 7) is 1.62. The minimum Gasteiger partial charge on any atom is -0.465 e. The molecule has 0 spiro atoms. The summed E-state index contributed by atoms with van der Waals surface area (Å²) in [6, 6.07) is 5.77. The molecule has 0 aliphatic rings. The summed E-state index contributed by atoms with van der Waals surface area (Å²) in [5, 5.41) is 2.97. The quantitative estimate of drug-likeness (QED) is 0.848. The zero-order chi connectivity index (χ0) is 16.3. The minimum atomic E-state index is -0.573. The van der Waals surface area contributed by atoms with Gasteiger partial charge in [-0.3, -0.25) is 4.79 Å². The number of anilines is 1. The summed E-state index contributed by atoms with van der Waals surface area (Å²) in [4.78, 5) is 24.4. The number of carbonyl (C=O) groups excluding carboxylic acids is 2. The van der Waals surface area contributed by atoms with E-state index < -0.39 is 11.9 Å². The van der Waals surface area contributed by atoms with Gasteiger partial charge in [0.1, 0.15) is 16.4 Å². The van der Waals surface area contributed by atoms with Crippen molar-refractivity contribution in [2.45, 2.75) is 6.92 Å². The van der Waals surface area contributed by atoms with E-state index in [1.807, 2.05) is 6.92 Å². The molecule has 0 aliphatic carbocycles. The molecule has 2 rings (SSSR count). The number of ether oxygens (including phenoxy) is 1.